The molecule has 3 rings (SSSR count). The van der Waals surface area contributed by atoms with Crippen LogP contribution >= 0.6 is 11.6 Å². The molecule has 1 saturated heterocycles. The lowest BCUT2D eigenvalue weighted by Gasteiger charge is -2.22. The third-order valence-corrected chi connectivity index (χ3v) is 3.95. The molecular weight excluding hydrogens is 288 g/mol. The molecule has 2 aromatic rings. The number of hydrogen-bond donors (Lipinski definition) is 1. The van der Waals surface area contributed by atoms with Gasteiger partial charge in [-0.3, -0.25) is 4.79 Å². The highest BCUT2D eigenvalue weighted by molar-refractivity contribution is 6.36. The number of rotatable bonds is 2. The largest absolute Gasteiger partial charge is 0.330 e. The molecule has 2 aromatic carbocycles. The number of carbonyl (C=O) groups is 2. The molecule has 0 radical (unpaired) electrons. The first-order valence-corrected chi connectivity index (χ1v) is 6.88. The predicted molar refractivity (Wildman–Crippen MR) is 81.3 cm³/mol. The molecule has 106 valence electrons. The smallest absolute Gasteiger partial charge is 0.319 e. The fourth-order valence-corrected chi connectivity index (χ4v) is 2.68. The Morgan fingerprint density at radius 3 is 2.29 bits per heavy atom. The van der Waals surface area contributed by atoms with Gasteiger partial charge in [0.1, 0.15) is 5.54 Å². The summed E-state index contributed by atoms with van der Waals surface area (Å²) in [7, 11) is 0. The summed E-state index contributed by atoms with van der Waals surface area (Å²) in [6.45, 7) is 1.69. The van der Waals surface area contributed by atoms with Crippen LogP contribution in [-0.4, -0.2) is 11.9 Å². The second-order valence-corrected chi connectivity index (χ2v) is 5.42. The topological polar surface area (TPSA) is 49.4 Å². The Hall–Kier alpha value is -2.33. The van der Waals surface area contributed by atoms with Gasteiger partial charge in [0.2, 0.25) is 0 Å². The number of benzene rings is 2. The van der Waals surface area contributed by atoms with E-state index in [-0.39, 0.29) is 5.91 Å². The molecule has 1 atom stereocenters. The van der Waals surface area contributed by atoms with Crippen molar-refractivity contribution in [1.29, 1.82) is 0 Å². The van der Waals surface area contributed by atoms with Crippen LogP contribution in [0.3, 0.4) is 0 Å². The Kier molecular flexibility index (Phi) is 3.18. The number of hydrogen-bond acceptors (Lipinski definition) is 2. The van der Waals surface area contributed by atoms with Crippen molar-refractivity contribution in [1.82, 2.24) is 5.32 Å². The maximum Gasteiger partial charge on any atom is 0.330 e. The minimum Gasteiger partial charge on any atom is -0.319 e. The van der Waals surface area contributed by atoms with Crippen molar-refractivity contribution >= 4 is 29.2 Å². The van der Waals surface area contributed by atoms with E-state index in [4.69, 9.17) is 11.6 Å². The SMILES string of the molecule is C[C@@]1(c2ccccc2)NC(=O)N(c2ccccc2Cl)C1=O. The number of imide groups is 1. The number of amides is 3. The van der Waals surface area contributed by atoms with Crippen LogP contribution in [0.5, 0.6) is 0 Å². The Morgan fingerprint density at radius 2 is 1.62 bits per heavy atom. The van der Waals surface area contributed by atoms with Crippen LogP contribution in [0.4, 0.5) is 10.5 Å². The maximum atomic E-state index is 12.8. The van der Waals surface area contributed by atoms with E-state index in [1.54, 1.807) is 31.2 Å². The molecule has 0 spiro atoms. The molecule has 1 fully saturated rings. The Bertz CT molecular complexity index is 717. The van der Waals surface area contributed by atoms with Gasteiger partial charge in [0.25, 0.3) is 5.91 Å². The monoisotopic (exact) mass is 300 g/mol. The van der Waals surface area contributed by atoms with Gasteiger partial charge in [-0.2, -0.15) is 0 Å². The van der Waals surface area contributed by atoms with Crippen LogP contribution in [-0.2, 0) is 10.3 Å². The van der Waals surface area contributed by atoms with E-state index in [1.165, 1.54) is 0 Å². The molecule has 0 bridgehead atoms. The van der Waals surface area contributed by atoms with Crippen molar-refractivity contribution in [3.05, 3.63) is 65.2 Å². The van der Waals surface area contributed by atoms with Gasteiger partial charge in [-0.1, -0.05) is 54.1 Å². The molecule has 0 saturated carbocycles. The van der Waals surface area contributed by atoms with Gasteiger partial charge in [-0.05, 0) is 24.6 Å². The summed E-state index contributed by atoms with van der Waals surface area (Å²) in [6, 6.07) is 15.5. The average Bonchev–Trinajstić information content (AvgIpc) is 2.72. The molecule has 0 aromatic heterocycles. The fraction of sp³-hybridized carbons (Fsp3) is 0.125. The first-order valence-electron chi connectivity index (χ1n) is 6.51. The first-order chi connectivity index (χ1) is 10.0. The highest BCUT2D eigenvalue weighted by atomic mass is 35.5. The minimum atomic E-state index is -1.09. The molecule has 1 N–H and O–H groups in total. The molecule has 0 unspecified atom stereocenters. The zero-order valence-corrected chi connectivity index (χ0v) is 12.1. The van der Waals surface area contributed by atoms with Crippen LogP contribution in [0, 0.1) is 0 Å². The molecule has 0 aliphatic carbocycles. The van der Waals surface area contributed by atoms with E-state index >= 15 is 0 Å². The number of nitrogens with one attached hydrogen (secondary N) is 1. The van der Waals surface area contributed by atoms with Crippen molar-refractivity contribution < 1.29 is 9.59 Å². The average molecular weight is 301 g/mol. The zero-order chi connectivity index (χ0) is 15.0. The highest BCUT2D eigenvalue weighted by Gasteiger charge is 2.49. The first kappa shape index (κ1) is 13.6. The number of para-hydroxylation sites is 1. The van der Waals surface area contributed by atoms with Crippen LogP contribution in [0.15, 0.2) is 54.6 Å². The number of anilines is 1. The quantitative estimate of drug-likeness (QED) is 0.865. The van der Waals surface area contributed by atoms with E-state index in [0.29, 0.717) is 10.7 Å². The molecule has 1 aliphatic rings. The third-order valence-electron chi connectivity index (χ3n) is 3.64. The van der Waals surface area contributed by atoms with Gasteiger partial charge in [-0.15, -0.1) is 0 Å². The van der Waals surface area contributed by atoms with Gasteiger partial charge >= 0.3 is 6.03 Å². The Balaban J connectivity index is 2.06. The molecule has 1 aliphatic heterocycles. The fourth-order valence-electron chi connectivity index (χ4n) is 2.46. The van der Waals surface area contributed by atoms with E-state index in [2.05, 4.69) is 5.32 Å². The number of urea groups is 1. The van der Waals surface area contributed by atoms with Crippen molar-refractivity contribution in [2.24, 2.45) is 0 Å². The van der Waals surface area contributed by atoms with Crippen molar-refractivity contribution in [2.75, 3.05) is 4.90 Å². The summed E-state index contributed by atoms with van der Waals surface area (Å²) in [5.41, 5.74) is 0.0385. The Labute approximate surface area is 127 Å². The van der Waals surface area contributed by atoms with Crippen LogP contribution in [0.2, 0.25) is 5.02 Å². The van der Waals surface area contributed by atoms with E-state index in [0.717, 1.165) is 10.5 Å². The zero-order valence-electron chi connectivity index (χ0n) is 11.3. The standard InChI is InChI=1S/C16H13ClN2O2/c1-16(11-7-3-2-4-8-11)14(20)19(15(21)18-16)13-10-6-5-9-12(13)17/h2-10H,1H3,(H,18,21)/t16-/m0/s1. The number of nitrogens with zero attached hydrogens (tertiary/aromatic N) is 1. The van der Waals surface area contributed by atoms with Gasteiger partial charge in [0, 0.05) is 0 Å². The summed E-state index contributed by atoms with van der Waals surface area (Å²) in [4.78, 5) is 26.1. The molecule has 3 amide bonds. The molecule has 21 heavy (non-hydrogen) atoms. The van der Waals surface area contributed by atoms with Crippen molar-refractivity contribution in [3.8, 4) is 0 Å². The third kappa shape index (κ3) is 2.08. The minimum absolute atomic E-state index is 0.341. The van der Waals surface area contributed by atoms with Gasteiger partial charge in [0.15, 0.2) is 0 Å². The summed E-state index contributed by atoms with van der Waals surface area (Å²) in [5.74, 6) is -0.341. The second kappa shape index (κ2) is 4.90. The summed E-state index contributed by atoms with van der Waals surface area (Å²) >= 11 is 6.10. The lowest BCUT2D eigenvalue weighted by molar-refractivity contribution is -0.121. The maximum absolute atomic E-state index is 12.8. The van der Waals surface area contributed by atoms with Gasteiger partial charge < -0.3 is 5.32 Å². The normalized spacial score (nSPS) is 21.5. The number of carbonyl (C=O) groups excluding carboxylic acids is 2. The Morgan fingerprint density at radius 1 is 1.00 bits per heavy atom. The second-order valence-electron chi connectivity index (χ2n) is 5.01. The molecule has 4 nitrogen and oxygen atoms in total. The van der Waals surface area contributed by atoms with E-state index < -0.39 is 11.6 Å². The van der Waals surface area contributed by atoms with Crippen molar-refractivity contribution in [2.45, 2.75) is 12.5 Å². The molecular formula is C16H13ClN2O2. The van der Waals surface area contributed by atoms with Crippen LogP contribution in [0.25, 0.3) is 0 Å². The van der Waals surface area contributed by atoms with Crippen LogP contribution < -0.4 is 10.2 Å². The van der Waals surface area contributed by atoms with Gasteiger partial charge in [-0.25, -0.2) is 9.69 Å². The van der Waals surface area contributed by atoms with E-state index in [1.807, 2.05) is 30.3 Å². The van der Waals surface area contributed by atoms with Crippen molar-refractivity contribution in [3.63, 3.8) is 0 Å². The summed E-state index contributed by atoms with van der Waals surface area (Å²) in [6.07, 6.45) is 0. The lowest BCUT2D eigenvalue weighted by Crippen LogP contribution is -2.40. The predicted octanol–water partition coefficient (Wildman–Crippen LogP) is 3.31. The molecule has 1 heterocycles. The van der Waals surface area contributed by atoms with E-state index in [9.17, 15) is 9.59 Å². The lowest BCUT2D eigenvalue weighted by atomic mass is 9.92. The summed E-state index contributed by atoms with van der Waals surface area (Å²) in [5, 5.41) is 3.11. The van der Waals surface area contributed by atoms with Gasteiger partial charge in [0.05, 0.1) is 10.7 Å². The summed E-state index contributed by atoms with van der Waals surface area (Å²) < 4.78 is 0. The molecule has 5 heteroatoms. The number of halogens is 1. The van der Waals surface area contributed by atoms with Crippen LogP contribution in [0.1, 0.15) is 12.5 Å². The highest BCUT2D eigenvalue weighted by Crippen LogP contribution is 2.34.